The Morgan fingerprint density at radius 3 is 2.67 bits per heavy atom. The quantitative estimate of drug-likeness (QED) is 0.712. The molecular formula is C15H23N3O2S. The Labute approximate surface area is 129 Å². The highest BCUT2D eigenvalue weighted by molar-refractivity contribution is 7.10. The summed E-state index contributed by atoms with van der Waals surface area (Å²) in [6.45, 7) is 3.74. The third kappa shape index (κ3) is 4.54. The van der Waals surface area contributed by atoms with Crippen LogP contribution < -0.4 is 16.4 Å². The number of amides is 2. The van der Waals surface area contributed by atoms with Crippen molar-refractivity contribution in [2.75, 3.05) is 6.54 Å². The van der Waals surface area contributed by atoms with E-state index >= 15 is 0 Å². The number of nitrogens with one attached hydrogen (secondary N) is 2. The molecule has 0 spiro atoms. The summed E-state index contributed by atoms with van der Waals surface area (Å²) in [5.74, 6) is 0.142. The third-order valence-electron chi connectivity index (χ3n) is 3.70. The molecule has 0 aromatic carbocycles. The molecule has 2 rings (SSSR count). The summed E-state index contributed by atoms with van der Waals surface area (Å²) in [6, 6.07) is 3.54. The van der Waals surface area contributed by atoms with Crippen LogP contribution in [0.5, 0.6) is 0 Å². The molecule has 2 atom stereocenters. The van der Waals surface area contributed by atoms with Gasteiger partial charge in [-0.25, -0.2) is 0 Å². The van der Waals surface area contributed by atoms with Gasteiger partial charge in [0.25, 0.3) is 0 Å². The Hall–Kier alpha value is -1.40. The molecule has 1 aliphatic carbocycles. The van der Waals surface area contributed by atoms with Crippen LogP contribution in [0.3, 0.4) is 0 Å². The van der Waals surface area contributed by atoms with E-state index in [1.54, 1.807) is 11.3 Å². The molecular weight excluding hydrogens is 286 g/mol. The Kier molecular flexibility index (Phi) is 5.36. The lowest BCUT2D eigenvalue weighted by atomic mass is 10.1. The minimum atomic E-state index is -0.575. The molecule has 6 heteroatoms. The molecule has 1 aromatic rings. The molecule has 1 saturated carbocycles. The van der Waals surface area contributed by atoms with Crippen molar-refractivity contribution in [2.24, 2.45) is 17.6 Å². The largest absolute Gasteiger partial charge is 0.347 e. The monoisotopic (exact) mass is 309 g/mol. The Balaban J connectivity index is 1.82. The summed E-state index contributed by atoms with van der Waals surface area (Å²) >= 11 is 1.65. The predicted octanol–water partition coefficient (Wildman–Crippen LogP) is 1.41. The van der Waals surface area contributed by atoms with Gasteiger partial charge in [-0.2, -0.15) is 0 Å². The first-order valence-corrected chi connectivity index (χ1v) is 8.23. The fourth-order valence-corrected chi connectivity index (χ4v) is 3.00. The molecule has 1 heterocycles. The maximum Gasteiger partial charge on any atom is 0.239 e. The maximum absolute atomic E-state index is 12.0. The maximum atomic E-state index is 12.0. The van der Waals surface area contributed by atoms with E-state index in [-0.39, 0.29) is 30.3 Å². The zero-order chi connectivity index (χ0) is 15.4. The average molecular weight is 309 g/mol. The highest BCUT2D eigenvalue weighted by Gasteiger charge is 2.34. The van der Waals surface area contributed by atoms with Crippen LogP contribution in [0.25, 0.3) is 0 Å². The lowest BCUT2D eigenvalue weighted by molar-refractivity contribution is -0.127. The average Bonchev–Trinajstić information content (AvgIpc) is 3.15. The number of thiophene rings is 1. The van der Waals surface area contributed by atoms with Gasteiger partial charge in [-0.3, -0.25) is 9.59 Å². The van der Waals surface area contributed by atoms with Crippen LogP contribution in [0, 0.1) is 11.8 Å². The minimum Gasteiger partial charge on any atom is -0.347 e. The molecule has 0 saturated heterocycles. The number of nitrogens with two attached hydrogens (primary N) is 1. The molecule has 1 aromatic heterocycles. The Morgan fingerprint density at radius 2 is 2.14 bits per heavy atom. The van der Waals surface area contributed by atoms with E-state index in [9.17, 15) is 9.59 Å². The van der Waals surface area contributed by atoms with E-state index in [1.807, 2.05) is 31.4 Å². The van der Waals surface area contributed by atoms with Crippen LogP contribution in [0.15, 0.2) is 17.5 Å². The number of carbonyl (C=O) groups excluding carboxylic acids is 2. The summed E-state index contributed by atoms with van der Waals surface area (Å²) < 4.78 is 0. The highest BCUT2D eigenvalue weighted by atomic mass is 32.1. The highest BCUT2D eigenvalue weighted by Crippen LogP contribution is 2.42. The van der Waals surface area contributed by atoms with Gasteiger partial charge in [0.2, 0.25) is 11.8 Å². The first-order chi connectivity index (χ1) is 9.99. The molecule has 2 amide bonds. The van der Waals surface area contributed by atoms with Crippen molar-refractivity contribution in [3.05, 3.63) is 22.4 Å². The molecule has 1 aliphatic rings. The van der Waals surface area contributed by atoms with E-state index < -0.39 is 6.04 Å². The molecule has 4 N–H and O–H groups in total. The summed E-state index contributed by atoms with van der Waals surface area (Å²) in [7, 11) is 0. The summed E-state index contributed by atoms with van der Waals surface area (Å²) in [6.07, 6.45) is 2.29. The topological polar surface area (TPSA) is 84.2 Å². The van der Waals surface area contributed by atoms with E-state index in [4.69, 9.17) is 5.73 Å². The lowest BCUT2D eigenvalue weighted by Gasteiger charge is -2.18. The van der Waals surface area contributed by atoms with Gasteiger partial charge >= 0.3 is 0 Å². The third-order valence-corrected chi connectivity index (χ3v) is 4.66. The first-order valence-electron chi connectivity index (χ1n) is 7.35. The molecule has 1 fully saturated rings. The van der Waals surface area contributed by atoms with E-state index in [0.29, 0.717) is 5.92 Å². The number of rotatable bonds is 7. The van der Waals surface area contributed by atoms with Gasteiger partial charge in [0.15, 0.2) is 0 Å². The predicted molar refractivity (Wildman–Crippen MR) is 83.7 cm³/mol. The fourth-order valence-electron chi connectivity index (χ4n) is 2.13. The van der Waals surface area contributed by atoms with E-state index in [0.717, 1.165) is 12.8 Å². The molecule has 1 unspecified atom stereocenters. The van der Waals surface area contributed by atoms with Crippen LogP contribution in [-0.4, -0.2) is 24.4 Å². The van der Waals surface area contributed by atoms with Crippen LogP contribution in [0.2, 0.25) is 0 Å². The zero-order valence-electron chi connectivity index (χ0n) is 12.5. The minimum absolute atomic E-state index is 0.0200. The summed E-state index contributed by atoms with van der Waals surface area (Å²) in [4.78, 5) is 24.9. The Bertz CT molecular complexity index is 483. The summed E-state index contributed by atoms with van der Waals surface area (Å²) in [5, 5.41) is 7.64. The molecule has 116 valence electrons. The van der Waals surface area contributed by atoms with Gasteiger partial charge in [-0.1, -0.05) is 19.9 Å². The van der Waals surface area contributed by atoms with Gasteiger partial charge in [0.05, 0.1) is 18.6 Å². The van der Waals surface area contributed by atoms with Crippen LogP contribution in [0.4, 0.5) is 0 Å². The second-order valence-electron chi connectivity index (χ2n) is 5.89. The Morgan fingerprint density at radius 1 is 1.43 bits per heavy atom. The van der Waals surface area contributed by atoms with Crippen molar-refractivity contribution in [1.82, 2.24) is 10.6 Å². The van der Waals surface area contributed by atoms with Crippen molar-refractivity contribution < 1.29 is 9.59 Å². The van der Waals surface area contributed by atoms with Gasteiger partial charge in [0, 0.05) is 4.88 Å². The van der Waals surface area contributed by atoms with Crippen molar-refractivity contribution in [2.45, 2.75) is 38.8 Å². The zero-order valence-corrected chi connectivity index (χ0v) is 13.3. The fraction of sp³-hybridized carbons (Fsp3) is 0.600. The van der Waals surface area contributed by atoms with E-state index in [1.165, 1.54) is 4.88 Å². The van der Waals surface area contributed by atoms with Gasteiger partial charge in [-0.05, 0) is 36.1 Å². The molecule has 5 nitrogen and oxygen atoms in total. The van der Waals surface area contributed by atoms with Crippen LogP contribution in [0.1, 0.15) is 37.6 Å². The van der Waals surface area contributed by atoms with Gasteiger partial charge in [0.1, 0.15) is 0 Å². The van der Waals surface area contributed by atoms with Crippen molar-refractivity contribution in [3.63, 3.8) is 0 Å². The van der Waals surface area contributed by atoms with Crippen LogP contribution in [-0.2, 0) is 9.59 Å². The van der Waals surface area contributed by atoms with Crippen LogP contribution >= 0.6 is 11.3 Å². The smallest absolute Gasteiger partial charge is 0.239 e. The normalized spacial score (nSPS) is 17.3. The molecule has 0 radical (unpaired) electrons. The SMILES string of the molecule is CC(C)[C@H](N)C(=O)NCC(=O)NC(c1cccs1)C1CC1. The molecule has 0 aliphatic heterocycles. The molecule has 0 bridgehead atoms. The second kappa shape index (κ2) is 7.04. The van der Waals surface area contributed by atoms with Gasteiger partial charge in [-0.15, -0.1) is 11.3 Å². The second-order valence-corrected chi connectivity index (χ2v) is 6.86. The van der Waals surface area contributed by atoms with Crippen molar-refractivity contribution in [1.29, 1.82) is 0 Å². The lowest BCUT2D eigenvalue weighted by Crippen LogP contribution is -2.47. The van der Waals surface area contributed by atoms with Crippen molar-refractivity contribution >= 4 is 23.2 Å². The van der Waals surface area contributed by atoms with Gasteiger partial charge < -0.3 is 16.4 Å². The standard InChI is InChI=1S/C15H23N3O2S/c1-9(2)13(16)15(20)17-8-12(19)18-14(10-5-6-10)11-4-3-7-21-11/h3-4,7,9-10,13-14H,5-6,8,16H2,1-2H3,(H,17,20)(H,18,19)/t13-,14?/m0/s1. The van der Waals surface area contributed by atoms with Crippen molar-refractivity contribution in [3.8, 4) is 0 Å². The first kappa shape index (κ1) is 16.0. The van der Waals surface area contributed by atoms with E-state index in [2.05, 4.69) is 10.6 Å². The number of carbonyl (C=O) groups is 2. The summed E-state index contributed by atoms with van der Waals surface area (Å²) in [5.41, 5.74) is 5.74. The molecule has 21 heavy (non-hydrogen) atoms. The number of hydrogen-bond donors (Lipinski definition) is 3. The number of hydrogen-bond acceptors (Lipinski definition) is 4.